The molecule has 0 aromatic rings. The zero-order valence-corrected chi connectivity index (χ0v) is 10.2. The number of aliphatic hydroxyl groups excluding tert-OH is 1. The Hall–Kier alpha value is -1.30. The van der Waals surface area contributed by atoms with E-state index in [4.69, 9.17) is 10.2 Å². The molecule has 2 amide bonds. The highest BCUT2D eigenvalue weighted by atomic mass is 16.4. The number of carbonyl (C=O) groups excluding carboxylic acids is 1. The second-order valence-corrected chi connectivity index (χ2v) is 4.73. The fraction of sp³-hybridized carbons (Fsp3) is 0.818. The normalized spacial score (nSPS) is 26.4. The number of carbonyl (C=O) groups is 2. The van der Waals surface area contributed by atoms with Crippen molar-refractivity contribution in [3.63, 3.8) is 0 Å². The smallest absolute Gasteiger partial charge is 0.334 e. The van der Waals surface area contributed by atoms with E-state index < -0.39 is 12.1 Å². The molecule has 0 aromatic heterocycles. The summed E-state index contributed by atoms with van der Waals surface area (Å²) in [4.78, 5) is 23.7. The lowest BCUT2D eigenvalue weighted by atomic mass is 9.89. The Morgan fingerprint density at radius 3 is 2.59 bits per heavy atom. The first-order valence-corrected chi connectivity index (χ1v) is 5.85. The third kappa shape index (κ3) is 3.89. The molecular weight excluding hydrogens is 224 g/mol. The molecule has 2 unspecified atom stereocenters. The number of aliphatic hydroxyl groups is 1. The van der Waals surface area contributed by atoms with E-state index in [1.807, 2.05) is 0 Å². The van der Waals surface area contributed by atoms with Crippen LogP contribution in [0, 0.1) is 11.8 Å². The molecule has 1 aliphatic heterocycles. The predicted molar refractivity (Wildman–Crippen MR) is 61.6 cm³/mol. The first-order valence-electron chi connectivity index (χ1n) is 5.85. The van der Waals surface area contributed by atoms with Crippen molar-refractivity contribution in [2.75, 3.05) is 19.6 Å². The number of nitrogens with one attached hydrogen (secondary N) is 1. The number of likely N-dealkylation sites (tertiary alicyclic amines) is 1. The van der Waals surface area contributed by atoms with Gasteiger partial charge in [0.05, 0.1) is 6.54 Å². The third-order valence-electron chi connectivity index (χ3n) is 3.35. The molecule has 6 nitrogen and oxygen atoms in total. The molecule has 1 saturated heterocycles. The second-order valence-electron chi connectivity index (χ2n) is 4.73. The number of rotatable bonds is 3. The number of hydrogen-bond acceptors (Lipinski definition) is 3. The summed E-state index contributed by atoms with van der Waals surface area (Å²) >= 11 is 0. The van der Waals surface area contributed by atoms with E-state index in [0.29, 0.717) is 24.9 Å². The summed E-state index contributed by atoms with van der Waals surface area (Å²) in [5.74, 6) is -0.284. The molecular formula is C11H20N2O4. The Morgan fingerprint density at radius 1 is 1.41 bits per heavy atom. The zero-order valence-electron chi connectivity index (χ0n) is 10.2. The van der Waals surface area contributed by atoms with E-state index in [9.17, 15) is 9.59 Å². The molecule has 1 aliphatic rings. The summed E-state index contributed by atoms with van der Waals surface area (Å²) in [6, 6.07) is -0.302. The summed E-state index contributed by atoms with van der Waals surface area (Å²) in [5, 5.41) is 19.9. The van der Waals surface area contributed by atoms with E-state index in [0.717, 1.165) is 6.42 Å². The van der Waals surface area contributed by atoms with Gasteiger partial charge in [-0.3, -0.25) is 0 Å². The van der Waals surface area contributed by atoms with Crippen molar-refractivity contribution in [3.8, 4) is 0 Å². The topological polar surface area (TPSA) is 89.9 Å². The average molecular weight is 244 g/mol. The van der Waals surface area contributed by atoms with Gasteiger partial charge in [-0.1, -0.05) is 13.8 Å². The highest BCUT2D eigenvalue weighted by molar-refractivity contribution is 5.76. The van der Waals surface area contributed by atoms with E-state index in [1.54, 1.807) is 4.90 Å². The van der Waals surface area contributed by atoms with Gasteiger partial charge >= 0.3 is 12.0 Å². The Labute approximate surface area is 101 Å². The Balaban J connectivity index is 2.36. The van der Waals surface area contributed by atoms with Gasteiger partial charge in [0.1, 0.15) is 0 Å². The first-order chi connectivity index (χ1) is 7.91. The molecule has 98 valence electrons. The van der Waals surface area contributed by atoms with E-state index in [1.165, 1.54) is 0 Å². The molecule has 1 fully saturated rings. The standard InChI is InChI=1S/C11H20N2O4/c1-7-3-4-13(6-8(7)2)11(17)12-5-9(14)10(15)16/h7-9,14H,3-6H2,1-2H3,(H,12,17)(H,15,16)/t7?,8?,9-/m0/s1. The van der Waals surface area contributed by atoms with Gasteiger partial charge in [-0.15, -0.1) is 0 Å². The van der Waals surface area contributed by atoms with Crippen LogP contribution in [0.1, 0.15) is 20.3 Å². The van der Waals surface area contributed by atoms with Gasteiger partial charge in [-0.2, -0.15) is 0 Å². The maximum Gasteiger partial charge on any atom is 0.334 e. The average Bonchev–Trinajstić information content (AvgIpc) is 2.28. The van der Waals surface area contributed by atoms with Crippen LogP contribution in [0.3, 0.4) is 0 Å². The monoisotopic (exact) mass is 244 g/mol. The van der Waals surface area contributed by atoms with Crippen molar-refractivity contribution >= 4 is 12.0 Å². The van der Waals surface area contributed by atoms with Crippen LogP contribution in [0.2, 0.25) is 0 Å². The fourth-order valence-electron chi connectivity index (χ4n) is 1.83. The molecule has 17 heavy (non-hydrogen) atoms. The minimum atomic E-state index is -1.54. The van der Waals surface area contributed by atoms with Crippen molar-refractivity contribution in [1.29, 1.82) is 0 Å². The molecule has 0 aromatic carbocycles. The lowest BCUT2D eigenvalue weighted by Crippen LogP contribution is -2.49. The van der Waals surface area contributed by atoms with Crippen molar-refractivity contribution in [2.24, 2.45) is 11.8 Å². The Kier molecular flexibility index (Phi) is 4.74. The molecule has 1 rings (SSSR count). The van der Waals surface area contributed by atoms with Gasteiger partial charge in [0.25, 0.3) is 0 Å². The van der Waals surface area contributed by atoms with Gasteiger partial charge < -0.3 is 20.4 Å². The number of piperidine rings is 1. The van der Waals surface area contributed by atoms with Gasteiger partial charge in [0, 0.05) is 13.1 Å². The van der Waals surface area contributed by atoms with Crippen LogP contribution in [0.4, 0.5) is 4.79 Å². The van der Waals surface area contributed by atoms with Crippen molar-refractivity contribution in [2.45, 2.75) is 26.4 Å². The zero-order chi connectivity index (χ0) is 13.0. The van der Waals surface area contributed by atoms with Gasteiger partial charge in [0.15, 0.2) is 6.10 Å². The molecule has 0 radical (unpaired) electrons. The fourth-order valence-corrected chi connectivity index (χ4v) is 1.83. The van der Waals surface area contributed by atoms with Gasteiger partial charge in [-0.25, -0.2) is 9.59 Å². The Morgan fingerprint density at radius 2 is 2.06 bits per heavy atom. The first kappa shape index (κ1) is 13.8. The Bertz CT molecular complexity index is 295. The van der Waals surface area contributed by atoms with Crippen LogP contribution < -0.4 is 5.32 Å². The highest BCUT2D eigenvalue weighted by Crippen LogP contribution is 2.22. The molecule has 0 saturated carbocycles. The lowest BCUT2D eigenvalue weighted by molar-refractivity contribution is -0.146. The summed E-state index contributed by atoms with van der Waals surface area (Å²) < 4.78 is 0. The summed E-state index contributed by atoms with van der Waals surface area (Å²) in [6.45, 7) is 5.36. The maximum absolute atomic E-state index is 11.7. The quantitative estimate of drug-likeness (QED) is 0.657. The molecule has 1 heterocycles. The molecule has 3 atom stereocenters. The number of aliphatic carboxylic acids is 1. The molecule has 0 aliphatic carbocycles. The van der Waals surface area contributed by atoms with Gasteiger partial charge in [-0.05, 0) is 18.3 Å². The number of carboxylic acids is 1. The van der Waals surface area contributed by atoms with Crippen LogP contribution in [0.5, 0.6) is 0 Å². The van der Waals surface area contributed by atoms with Crippen molar-refractivity contribution < 1.29 is 19.8 Å². The summed E-state index contributed by atoms with van der Waals surface area (Å²) in [5.41, 5.74) is 0. The molecule has 6 heteroatoms. The number of nitrogens with zero attached hydrogens (tertiary/aromatic N) is 1. The second kappa shape index (κ2) is 5.86. The lowest BCUT2D eigenvalue weighted by Gasteiger charge is -2.35. The summed E-state index contributed by atoms with van der Waals surface area (Å²) in [6.07, 6.45) is -0.587. The van der Waals surface area contributed by atoms with Gasteiger partial charge in [0.2, 0.25) is 0 Å². The third-order valence-corrected chi connectivity index (χ3v) is 3.35. The molecule has 3 N–H and O–H groups in total. The highest BCUT2D eigenvalue weighted by Gasteiger charge is 2.26. The number of carboxylic acid groups (broad SMARTS) is 1. The van der Waals surface area contributed by atoms with Crippen molar-refractivity contribution in [1.82, 2.24) is 10.2 Å². The minimum Gasteiger partial charge on any atom is -0.479 e. The van der Waals surface area contributed by atoms with E-state index in [2.05, 4.69) is 19.2 Å². The number of amides is 2. The summed E-state index contributed by atoms with van der Waals surface area (Å²) in [7, 11) is 0. The van der Waals surface area contributed by atoms with Crippen LogP contribution in [-0.4, -0.2) is 52.9 Å². The van der Waals surface area contributed by atoms with Crippen molar-refractivity contribution in [3.05, 3.63) is 0 Å². The predicted octanol–water partition coefficient (Wildman–Crippen LogP) is 0.119. The number of hydrogen-bond donors (Lipinski definition) is 3. The van der Waals surface area contributed by atoms with Crippen LogP contribution >= 0.6 is 0 Å². The molecule has 0 spiro atoms. The SMILES string of the molecule is CC1CCN(C(=O)NC[C@H](O)C(=O)O)CC1C. The van der Waals surface area contributed by atoms with E-state index in [-0.39, 0.29) is 12.6 Å². The largest absolute Gasteiger partial charge is 0.479 e. The number of urea groups is 1. The maximum atomic E-state index is 11.7. The molecule has 0 bridgehead atoms. The van der Waals surface area contributed by atoms with Crippen LogP contribution in [0.15, 0.2) is 0 Å². The minimum absolute atomic E-state index is 0.255. The van der Waals surface area contributed by atoms with Crippen LogP contribution in [0.25, 0.3) is 0 Å². The van der Waals surface area contributed by atoms with E-state index >= 15 is 0 Å². The van der Waals surface area contributed by atoms with Crippen LogP contribution in [-0.2, 0) is 4.79 Å².